The summed E-state index contributed by atoms with van der Waals surface area (Å²) >= 11 is 0. The van der Waals surface area contributed by atoms with E-state index < -0.39 is 17.9 Å². The first-order chi connectivity index (χ1) is 8.98. The molecule has 4 nitrogen and oxygen atoms in total. The molecule has 0 spiro atoms. The molecule has 0 aliphatic rings. The summed E-state index contributed by atoms with van der Waals surface area (Å²) in [5.41, 5.74) is 0.196. The molecule has 0 unspecified atom stereocenters. The minimum Gasteiger partial charge on any atom is -0.507 e. The van der Waals surface area contributed by atoms with Gasteiger partial charge in [0.15, 0.2) is 5.78 Å². The highest BCUT2D eigenvalue weighted by Crippen LogP contribution is 2.38. The number of aromatic hydroxyl groups is 1. The zero-order valence-electron chi connectivity index (χ0n) is 11.3. The molecule has 1 aromatic rings. The van der Waals surface area contributed by atoms with Crippen molar-refractivity contribution in [2.75, 3.05) is 0 Å². The number of hydrogen-bond donors (Lipinski definition) is 1. The third kappa shape index (κ3) is 2.76. The van der Waals surface area contributed by atoms with Crippen LogP contribution in [-0.2, 0) is 4.79 Å². The van der Waals surface area contributed by atoms with Crippen LogP contribution in [0, 0.1) is 20.8 Å². The fourth-order valence-corrected chi connectivity index (χ4v) is 1.84. The van der Waals surface area contributed by atoms with Gasteiger partial charge in [-0.2, -0.15) is 13.2 Å². The van der Waals surface area contributed by atoms with Crippen LogP contribution in [0.4, 0.5) is 13.2 Å². The summed E-state index contributed by atoms with van der Waals surface area (Å²) in [6.45, 7) is 5.28. The maximum absolute atomic E-state index is 12.2. The van der Waals surface area contributed by atoms with Crippen molar-refractivity contribution in [3.05, 3.63) is 22.3 Å². The number of benzene rings is 1. The minimum atomic E-state index is -5.14. The van der Waals surface area contributed by atoms with Gasteiger partial charge in [0.2, 0.25) is 0 Å². The summed E-state index contributed by atoms with van der Waals surface area (Å²) in [7, 11) is 0. The molecule has 0 bridgehead atoms. The summed E-state index contributed by atoms with van der Waals surface area (Å²) in [6.07, 6.45) is -5.14. The Morgan fingerprint density at radius 1 is 1.05 bits per heavy atom. The predicted molar refractivity (Wildman–Crippen MR) is 64.0 cm³/mol. The molecule has 7 heteroatoms. The molecular formula is C13H13F3O4. The third-order valence-electron chi connectivity index (χ3n) is 2.99. The molecule has 0 saturated heterocycles. The summed E-state index contributed by atoms with van der Waals surface area (Å²) < 4.78 is 41.1. The van der Waals surface area contributed by atoms with Crippen LogP contribution in [0.1, 0.15) is 34.0 Å². The SMILES string of the molecule is CC(=O)c1c(C)c(OC(=O)C(F)(F)F)c(C)c(C)c1O. The van der Waals surface area contributed by atoms with E-state index >= 15 is 0 Å². The Morgan fingerprint density at radius 3 is 1.95 bits per heavy atom. The van der Waals surface area contributed by atoms with Crippen LogP contribution in [0.15, 0.2) is 0 Å². The van der Waals surface area contributed by atoms with Gasteiger partial charge in [0.05, 0.1) is 5.56 Å². The number of ether oxygens (including phenoxy) is 1. The molecule has 0 fully saturated rings. The number of rotatable bonds is 2. The molecule has 20 heavy (non-hydrogen) atoms. The van der Waals surface area contributed by atoms with Crippen LogP contribution in [0.25, 0.3) is 0 Å². The fraction of sp³-hybridized carbons (Fsp3) is 0.385. The van der Waals surface area contributed by atoms with Gasteiger partial charge in [0.25, 0.3) is 0 Å². The molecule has 0 aliphatic carbocycles. The second-order valence-electron chi connectivity index (χ2n) is 4.37. The monoisotopic (exact) mass is 290 g/mol. The van der Waals surface area contributed by atoms with E-state index in [1.54, 1.807) is 0 Å². The Bertz CT molecular complexity index is 589. The molecule has 0 radical (unpaired) electrons. The van der Waals surface area contributed by atoms with Crippen molar-refractivity contribution in [3.63, 3.8) is 0 Å². The molecule has 0 aliphatic heterocycles. The molecule has 1 rings (SSSR count). The molecule has 1 aromatic carbocycles. The Labute approximate surface area is 113 Å². The van der Waals surface area contributed by atoms with Gasteiger partial charge < -0.3 is 9.84 Å². The number of halogens is 3. The van der Waals surface area contributed by atoms with E-state index in [-0.39, 0.29) is 33.8 Å². The zero-order valence-corrected chi connectivity index (χ0v) is 11.3. The predicted octanol–water partition coefficient (Wildman–Crippen LogP) is 2.99. The van der Waals surface area contributed by atoms with Crippen LogP contribution in [0.2, 0.25) is 0 Å². The van der Waals surface area contributed by atoms with Crippen LogP contribution in [0.3, 0.4) is 0 Å². The average Bonchev–Trinajstić information content (AvgIpc) is 2.30. The lowest BCUT2D eigenvalue weighted by Crippen LogP contribution is -2.28. The molecule has 0 saturated carbocycles. The maximum Gasteiger partial charge on any atom is 0.491 e. The molecular weight excluding hydrogens is 277 g/mol. The number of Topliss-reactive ketones (excluding diaryl/α,β-unsaturated/α-hetero) is 1. The van der Waals surface area contributed by atoms with Gasteiger partial charge >= 0.3 is 12.1 Å². The van der Waals surface area contributed by atoms with Crippen molar-refractivity contribution >= 4 is 11.8 Å². The van der Waals surface area contributed by atoms with Gasteiger partial charge in [0.1, 0.15) is 11.5 Å². The smallest absolute Gasteiger partial charge is 0.491 e. The summed E-state index contributed by atoms with van der Waals surface area (Å²) in [4.78, 5) is 22.4. The normalized spacial score (nSPS) is 11.3. The summed E-state index contributed by atoms with van der Waals surface area (Å²) in [5.74, 6) is -3.58. The van der Waals surface area contributed by atoms with Crippen LogP contribution < -0.4 is 4.74 Å². The second-order valence-corrected chi connectivity index (χ2v) is 4.37. The number of phenols is 1. The van der Waals surface area contributed by atoms with E-state index in [4.69, 9.17) is 0 Å². The highest BCUT2D eigenvalue weighted by atomic mass is 19.4. The first kappa shape index (κ1) is 16.0. The van der Waals surface area contributed by atoms with E-state index in [2.05, 4.69) is 4.74 Å². The van der Waals surface area contributed by atoms with E-state index in [9.17, 15) is 27.9 Å². The number of hydrogen-bond acceptors (Lipinski definition) is 4. The standard InChI is InChI=1S/C13H13F3O4/c1-5-6(2)11(20-12(19)13(14,15)16)7(3)9(8(4)17)10(5)18/h18H,1-4H3. The van der Waals surface area contributed by atoms with E-state index in [1.165, 1.54) is 20.8 Å². The Morgan fingerprint density at radius 2 is 1.55 bits per heavy atom. The van der Waals surface area contributed by atoms with Crippen molar-refractivity contribution in [2.24, 2.45) is 0 Å². The van der Waals surface area contributed by atoms with Crippen molar-refractivity contribution in [1.29, 1.82) is 0 Å². The third-order valence-corrected chi connectivity index (χ3v) is 2.99. The zero-order chi connectivity index (χ0) is 15.8. The van der Waals surface area contributed by atoms with Gasteiger partial charge in [-0.25, -0.2) is 4.79 Å². The van der Waals surface area contributed by atoms with Gasteiger partial charge in [-0.1, -0.05) is 0 Å². The number of ketones is 1. The largest absolute Gasteiger partial charge is 0.507 e. The maximum atomic E-state index is 12.2. The van der Waals surface area contributed by atoms with Crippen molar-refractivity contribution in [2.45, 2.75) is 33.9 Å². The Kier molecular flexibility index (Phi) is 4.12. The highest BCUT2D eigenvalue weighted by Gasteiger charge is 2.42. The molecule has 110 valence electrons. The lowest BCUT2D eigenvalue weighted by Gasteiger charge is -2.18. The van der Waals surface area contributed by atoms with Gasteiger partial charge in [-0.15, -0.1) is 0 Å². The number of carbonyl (C=O) groups excluding carboxylic acids is 2. The number of esters is 1. The quantitative estimate of drug-likeness (QED) is 0.516. The number of carbonyl (C=O) groups is 2. The average molecular weight is 290 g/mol. The lowest BCUT2D eigenvalue weighted by atomic mass is 9.95. The number of phenolic OH excluding ortho intramolecular Hbond substituents is 1. The first-order valence-electron chi connectivity index (χ1n) is 5.61. The molecule has 1 N–H and O–H groups in total. The van der Waals surface area contributed by atoms with E-state index in [1.807, 2.05) is 0 Å². The Balaban J connectivity index is 3.49. The molecule has 0 aromatic heterocycles. The van der Waals surface area contributed by atoms with E-state index in [0.717, 1.165) is 6.92 Å². The highest BCUT2D eigenvalue weighted by molar-refractivity contribution is 6.00. The van der Waals surface area contributed by atoms with E-state index in [0.29, 0.717) is 0 Å². The Hall–Kier alpha value is -2.05. The van der Waals surface area contributed by atoms with Crippen molar-refractivity contribution in [1.82, 2.24) is 0 Å². The molecule has 0 amide bonds. The topological polar surface area (TPSA) is 63.6 Å². The summed E-state index contributed by atoms with van der Waals surface area (Å²) in [5, 5.41) is 9.86. The minimum absolute atomic E-state index is 0.00398. The molecule has 0 atom stereocenters. The fourth-order valence-electron chi connectivity index (χ4n) is 1.84. The van der Waals surface area contributed by atoms with Gasteiger partial charge in [-0.3, -0.25) is 4.79 Å². The van der Waals surface area contributed by atoms with Crippen LogP contribution >= 0.6 is 0 Å². The lowest BCUT2D eigenvalue weighted by molar-refractivity contribution is -0.189. The van der Waals surface area contributed by atoms with Crippen molar-refractivity contribution in [3.8, 4) is 11.5 Å². The molecule has 0 heterocycles. The summed E-state index contributed by atoms with van der Waals surface area (Å²) in [6, 6.07) is 0. The number of alkyl halides is 3. The first-order valence-corrected chi connectivity index (χ1v) is 5.61. The van der Waals surface area contributed by atoms with Gasteiger partial charge in [0, 0.05) is 5.56 Å². The van der Waals surface area contributed by atoms with Crippen LogP contribution in [-0.4, -0.2) is 23.0 Å². The van der Waals surface area contributed by atoms with Crippen molar-refractivity contribution < 1.29 is 32.6 Å². The van der Waals surface area contributed by atoms with Gasteiger partial charge in [-0.05, 0) is 38.8 Å². The second kappa shape index (κ2) is 5.15. The van der Waals surface area contributed by atoms with Crippen LogP contribution in [0.5, 0.6) is 11.5 Å².